The van der Waals surface area contributed by atoms with Gasteiger partial charge in [0, 0.05) is 19.2 Å². The van der Waals surface area contributed by atoms with Crippen LogP contribution in [0.2, 0.25) is 5.02 Å². The largest absolute Gasteiger partial charge is 0.416 e. The third-order valence-electron chi connectivity index (χ3n) is 3.10. The Balaban J connectivity index is 2.32. The topological polar surface area (TPSA) is 49.1 Å². The molecule has 5 nitrogen and oxygen atoms in total. The zero-order valence-corrected chi connectivity index (χ0v) is 12.6. The van der Waals surface area contributed by atoms with Crippen LogP contribution in [0.15, 0.2) is 23.0 Å². The van der Waals surface area contributed by atoms with Crippen molar-refractivity contribution in [1.82, 2.24) is 14.3 Å². The summed E-state index contributed by atoms with van der Waals surface area (Å²) in [6.45, 7) is 0.132. The summed E-state index contributed by atoms with van der Waals surface area (Å²) in [6, 6.07) is 2.99. The van der Waals surface area contributed by atoms with Gasteiger partial charge in [-0.2, -0.15) is 18.3 Å². The maximum absolute atomic E-state index is 12.6. The molecule has 120 valence electrons. The lowest BCUT2D eigenvalue weighted by atomic mass is 10.1. The summed E-state index contributed by atoms with van der Waals surface area (Å²) < 4.78 is 45.1. The van der Waals surface area contributed by atoms with Crippen molar-refractivity contribution < 1.29 is 17.9 Å². The third kappa shape index (κ3) is 3.33. The fourth-order valence-electron chi connectivity index (χ4n) is 1.90. The van der Waals surface area contributed by atoms with E-state index in [2.05, 4.69) is 5.10 Å². The number of benzene rings is 1. The third-order valence-corrected chi connectivity index (χ3v) is 3.46. The van der Waals surface area contributed by atoms with Gasteiger partial charge in [0.15, 0.2) is 5.82 Å². The molecule has 1 aromatic carbocycles. The van der Waals surface area contributed by atoms with Crippen LogP contribution in [0, 0.1) is 0 Å². The Morgan fingerprint density at radius 3 is 2.59 bits per heavy atom. The Hall–Kier alpha value is -1.80. The molecule has 0 bridgehead atoms. The van der Waals surface area contributed by atoms with Crippen molar-refractivity contribution in [1.29, 1.82) is 0 Å². The average molecular weight is 336 g/mol. The maximum atomic E-state index is 12.6. The number of hydrogen-bond acceptors (Lipinski definition) is 3. The minimum absolute atomic E-state index is 0.0205. The number of ether oxygens (including phenoxy) is 1. The molecule has 2 aromatic rings. The zero-order valence-electron chi connectivity index (χ0n) is 11.8. The number of methoxy groups -OCH3 is 1. The molecule has 0 amide bonds. The summed E-state index contributed by atoms with van der Waals surface area (Å²) in [5.41, 5.74) is -0.864. The molecule has 0 N–H and O–H groups in total. The van der Waals surface area contributed by atoms with E-state index in [1.165, 1.54) is 24.8 Å². The van der Waals surface area contributed by atoms with Crippen molar-refractivity contribution in [3.05, 3.63) is 50.7 Å². The molecule has 0 aliphatic rings. The number of rotatable bonds is 4. The van der Waals surface area contributed by atoms with Crippen LogP contribution in [0.25, 0.3) is 0 Å². The van der Waals surface area contributed by atoms with Crippen LogP contribution >= 0.6 is 11.6 Å². The molecule has 0 aliphatic carbocycles. The standard InChI is InChI=1S/C13H13ClF3N3O2/c1-19-11(7-22-2)18-20(12(19)21)6-8-3-4-9(5-10(8)14)13(15,16)17/h3-5H,6-7H2,1-2H3. The van der Waals surface area contributed by atoms with Gasteiger partial charge in [-0.3, -0.25) is 4.57 Å². The summed E-state index contributed by atoms with van der Waals surface area (Å²) in [6.07, 6.45) is -4.46. The van der Waals surface area contributed by atoms with Crippen molar-refractivity contribution >= 4 is 11.6 Å². The van der Waals surface area contributed by atoms with Crippen LogP contribution in [-0.2, 0) is 31.1 Å². The normalized spacial score (nSPS) is 11.9. The van der Waals surface area contributed by atoms with Crippen LogP contribution in [0.4, 0.5) is 13.2 Å². The number of nitrogens with zero attached hydrogens (tertiary/aromatic N) is 3. The molecule has 0 radical (unpaired) electrons. The van der Waals surface area contributed by atoms with Gasteiger partial charge in [-0.05, 0) is 17.7 Å². The van der Waals surface area contributed by atoms with E-state index in [0.717, 1.165) is 16.8 Å². The van der Waals surface area contributed by atoms with E-state index in [0.29, 0.717) is 11.4 Å². The SMILES string of the molecule is COCc1nn(Cc2ccc(C(F)(F)F)cc2Cl)c(=O)n1C. The van der Waals surface area contributed by atoms with E-state index in [9.17, 15) is 18.0 Å². The number of hydrogen-bond donors (Lipinski definition) is 0. The molecule has 0 aliphatic heterocycles. The first-order chi connectivity index (χ1) is 10.2. The van der Waals surface area contributed by atoms with E-state index in [1.807, 2.05) is 0 Å². The highest BCUT2D eigenvalue weighted by atomic mass is 35.5. The molecule has 9 heteroatoms. The highest BCUT2D eigenvalue weighted by Crippen LogP contribution is 2.32. The minimum Gasteiger partial charge on any atom is -0.377 e. The van der Waals surface area contributed by atoms with E-state index in [4.69, 9.17) is 16.3 Å². The fraction of sp³-hybridized carbons (Fsp3) is 0.385. The Labute approximate surface area is 128 Å². The van der Waals surface area contributed by atoms with Crippen molar-refractivity contribution in [2.24, 2.45) is 7.05 Å². The van der Waals surface area contributed by atoms with Gasteiger partial charge in [-0.1, -0.05) is 17.7 Å². The second-order valence-corrected chi connectivity index (χ2v) is 5.06. The lowest BCUT2D eigenvalue weighted by molar-refractivity contribution is -0.137. The Morgan fingerprint density at radius 2 is 2.05 bits per heavy atom. The first-order valence-corrected chi connectivity index (χ1v) is 6.59. The summed E-state index contributed by atoms with van der Waals surface area (Å²) in [5, 5.41) is 4.00. The first kappa shape index (κ1) is 16.6. The van der Waals surface area contributed by atoms with Crippen molar-refractivity contribution in [2.75, 3.05) is 7.11 Å². The van der Waals surface area contributed by atoms with Gasteiger partial charge in [0.25, 0.3) is 0 Å². The van der Waals surface area contributed by atoms with E-state index < -0.39 is 17.4 Å². The van der Waals surface area contributed by atoms with Crippen molar-refractivity contribution in [3.63, 3.8) is 0 Å². The number of halogens is 4. The lowest BCUT2D eigenvalue weighted by Crippen LogP contribution is -2.24. The monoisotopic (exact) mass is 335 g/mol. The molecule has 2 rings (SSSR count). The highest BCUT2D eigenvalue weighted by molar-refractivity contribution is 6.31. The molecule has 0 unspecified atom stereocenters. The number of aromatic nitrogens is 3. The molecule has 0 spiro atoms. The highest BCUT2D eigenvalue weighted by Gasteiger charge is 2.30. The molecule has 1 aromatic heterocycles. The van der Waals surface area contributed by atoms with Crippen LogP contribution in [-0.4, -0.2) is 21.5 Å². The van der Waals surface area contributed by atoms with Crippen LogP contribution in [0.1, 0.15) is 17.0 Å². The summed E-state index contributed by atoms with van der Waals surface area (Å²) >= 11 is 5.87. The smallest absolute Gasteiger partial charge is 0.377 e. The van der Waals surface area contributed by atoms with Crippen LogP contribution in [0.3, 0.4) is 0 Å². The van der Waals surface area contributed by atoms with Crippen LogP contribution < -0.4 is 5.69 Å². The predicted octanol–water partition coefficient (Wildman–Crippen LogP) is 2.45. The summed E-state index contributed by atoms with van der Waals surface area (Å²) in [4.78, 5) is 12.0. The average Bonchev–Trinajstić information content (AvgIpc) is 2.69. The molecule has 0 saturated carbocycles. The molecule has 0 saturated heterocycles. The quantitative estimate of drug-likeness (QED) is 0.862. The molecular formula is C13H13ClF3N3O2. The molecule has 0 atom stereocenters. The van der Waals surface area contributed by atoms with Gasteiger partial charge in [-0.15, -0.1) is 0 Å². The van der Waals surface area contributed by atoms with Crippen LogP contribution in [0.5, 0.6) is 0 Å². The second kappa shape index (κ2) is 6.13. The molecular weight excluding hydrogens is 323 g/mol. The summed E-state index contributed by atoms with van der Waals surface area (Å²) in [7, 11) is 3.00. The van der Waals surface area contributed by atoms with Crippen molar-refractivity contribution in [3.8, 4) is 0 Å². The predicted molar refractivity (Wildman–Crippen MR) is 73.7 cm³/mol. The first-order valence-electron chi connectivity index (χ1n) is 6.21. The minimum atomic E-state index is -4.46. The Kier molecular flexibility index (Phi) is 4.62. The maximum Gasteiger partial charge on any atom is 0.416 e. The lowest BCUT2D eigenvalue weighted by Gasteiger charge is -2.09. The van der Waals surface area contributed by atoms with Gasteiger partial charge >= 0.3 is 11.9 Å². The second-order valence-electron chi connectivity index (χ2n) is 4.65. The zero-order chi connectivity index (χ0) is 16.5. The van der Waals surface area contributed by atoms with Gasteiger partial charge in [-0.25, -0.2) is 9.48 Å². The van der Waals surface area contributed by atoms with Crippen molar-refractivity contribution in [2.45, 2.75) is 19.3 Å². The number of alkyl halides is 3. The Morgan fingerprint density at radius 1 is 1.36 bits per heavy atom. The molecule has 0 fully saturated rings. The summed E-state index contributed by atoms with van der Waals surface area (Å²) in [5.74, 6) is 0.413. The molecule has 22 heavy (non-hydrogen) atoms. The van der Waals surface area contributed by atoms with E-state index in [-0.39, 0.29) is 18.2 Å². The Bertz CT molecular complexity index is 737. The van der Waals surface area contributed by atoms with Gasteiger partial charge in [0.05, 0.1) is 12.1 Å². The van der Waals surface area contributed by atoms with Gasteiger partial charge < -0.3 is 4.74 Å². The van der Waals surface area contributed by atoms with Gasteiger partial charge in [0.2, 0.25) is 0 Å². The van der Waals surface area contributed by atoms with E-state index >= 15 is 0 Å². The fourth-order valence-corrected chi connectivity index (χ4v) is 2.14. The molecule has 1 heterocycles. The van der Waals surface area contributed by atoms with Gasteiger partial charge in [0.1, 0.15) is 6.61 Å². The van der Waals surface area contributed by atoms with E-state index in [1.54, 1.807) is 0 Å².